The molecule has 0 saturated heterocycles. The number of aliphatic hydroxyl groups is 1. The average molecular weight is 296 g/mol. The molecule has 2 aliphatic carbocycles. The van der Waals surface area contributed by atoms with Crippen molar-refractivity contribution in [1.29, 1.82) is 0 Å². The van der Waals surface area contributed by atoms with Crippen LogP contribution in [0.1, 0.15) is 72.6 Å². The molecular weight excluding hydrogens is 260 g/mol. The van der Waals surface area contributed by atoms with Crippen LogP contribution >= 0.6 is 0 Å². The molecule has 124 valence electrons. The minimum Gasteiger partial charge on any atom is -0.394 e. The van der Waals surface area contributed by atoms with Crippen molar-refractivity contribution in [1.82, 2.24) is 10.2 Å². The SMILES string of the molecule is CC(C)CN(C(C)CC(C)(CO)NC1CC1)C1CCCC1. The van der Waals surface area contributed by atoms with Gasteiger partial charge in [0.2, 0.25) is 0 Å². The maximum Gasteiger partial charge on any atom is 0.0611 e. The molecule has 0 aliphatic heterocycles. The summed E-state index contributed by atoms with van der Waals surface area (Å²) in [7, 11) is 0. The molecule has 2 aliphatic rings. The fourth-order valence-electron chi connectivity index (χ4n) is 4.01. The molecule has 0 amide bonds. The second kappa shape index (κ2) is 7.43. The Kier molecular flexibility index (Phi) is 6.10. The molecule has 3 heteroatoms. The summed E-state index contributed by atoms with van der Waals surface area (Å²) in [6.45, 7) is 10.6. The van der Waals surface area contributed by atoms with Crippen LogP contribution in [0, 0.1) is 5.92 Å². The molecule has 0 bridgehead atoms. The van der Waals surface area contributed by atoms with Crippen molar-refractivity contribution in [2.45, 2.75) is 96.3 Å². The van der Waals surface area contributed by atoms with Gasteiger partial charge in [0.25, 0.3) is 0 Å². The Labute approximate surface area is 131 Å². The van der Waals surface area contributed by atoms with Gasteiger partial charge >= 0.3 is 0 Å². The summed E-state index contributed by atoms with van der Waals surface area (Å²) in [4.78, 5) is 2.74. The molecule has 21 heavy (non-hydrogen) atoms. The quantitative estimate of drug-likeness (QED) is 0.686. The van der Waals surface area contributed by atoms with Crippen molar-refractivity contribution in [2.75, 3.05) is 13.2 Å². The Hall–Kier alpha value is -0.120. The zero-order valence-corrected chi connectivity index (χ0v) is 14.6. The van der Waals surface area contributed by atoms with Gasteiger partial charge in [0.05, 0.1) is 6.61 Å². The Morgan fingerprint density at radius 3 is 2.24 bits per heavy atom. The van der Waals surface area contributed by atoms with Crippen LogP contribution in [0.25, 0.3) is 0 Å². The second-order valence-electron chi connectivity index (χ2n) is 8.22. The molecule has 2 N–H and O–H groups in total. The van der Waals surface area contributed by atoms with Gasteiger partial charge in [-0.25, -0.2) is 0 Å². The smallest absolute Gasteiger partial charge is 0.0611 e. The standard InChI is InChI=1S/C18H36N2O/c1-14(2)12-20(17-7-5-6-8-17)15(3)11-18(4,13-21)19-16-9-10-16/h14-17,19,21H,5-13H2,1-4H3. The van der Waals surface area contributed by atoms with E-state index < -0.39 is 0 Å². The summed E-state index contributed by atoms with van der Waals surface area (Å²) in [5.74, 6) is 0.713. The van der Waals surface area contributed by atoms with Crippen molar-refractivity contribution in [3.8, 4) is 0 Å². The van der Waals surface area contributed by atoms with E-state index in [0.717, 1.165) is 12.5 Å². The molecule has 2 saturated carbocycles. The molecule has 0 aromatic heterocycles. The Morgan fingerprint density at radius 2 is 1.76 bits per heavy atom. The largest absolute Gasteiger partial charge is 0.394 e. The van der Waals surface area contributed by atoms with E-state index in [9.17, 15) is 5.11 Å². The van der Waals surface area contributed by atoms with Crippen molar-refractivity contribution < 1.29 is 5.11 Å². The number of rotatable bonds is 9. The van der Waals surface area contributed by atoms with Crippen LogP contribution in [-0.4, -0.2) is 46.8 Å². The maximum absolute atomic E-state index is 9.86. The van der Waals surface area contributed by atoms with E-state index in [2.05, 4.69) is 37.9 Å². The van der Waals surface area contributed by atoms with Crippen LogP contribution in [-0.2, 0) is 0 Å². The summed E-state index contributed by atoms with van der Waals surface area (Å²) in [6, 6.07) is 1.96. The molecule has 2 fully saturated rings. The summed E-state index contributed by atoms with van der Waals surface area (Å²) in [5, 5.41) is 13.5. The molecule has 0 aromatic carbocycles. The normalized spacial score (nSPS) is 24.7. The number of nitrogens with zero attached hydrogens (tertiary/aromatic N) is 1. The lowest BCUT2D eigenvalue weighted by molar-refractivity contribution is 0.0785. The van der Waals surface area contributed by atoms with E-state index in [1.807, 2.05) is 0 Å². The summed E-state index contributed by atoms with van der Waals surface area (Å²) in [5.41, 5.74) is -0.117. The third-order valence-corrected chi connectivity index (χ3v) is 5.16. The third kappa shape index (κ3) is 5.22. The van der Waals surface area contributed by atoms with Gasteiger partial charge in [-0.3, -0.25) is 4.90 Å². The zero-order chi connectivity index (χ0) is 15.5. The summed E-state index contributed by atoms with van der Waals surface area (Å²) >= 11 is 0. The number of hydrogen-bond donors (Lipinski definition) is 2. The highest BCUT2D eigenvalue weighted by Gasteiger charge is 2.36. The van der Waals surface area contributed by atoms with Gasteiger partial charge in [-0.05, 0) is 51.9 Å². The predicted octanol–water partition coefficient (Wildman–Crippen LogP) is 3.17. The first-order valence-corrected chi connectivity index (χ1v) is 9.08. The van der Waals surface area contributed by atoms with E-state index in [0.29, 0.717) is 18.0 Å². The first-order chi connectivity index (χ1) is 9.93. The average Bonchev–Trinajstić information content (AvgIpc) is 3.06. The van der Waals surface area contributed by atoms with E-state index in [1.165, 1.54) is 45.1 Å². The van der Waals surface area contributed by atoms with Gasteiger partial charge in [0, 0.05) is 30.2 Å². The van der Waals surface area contributed by atoms with Crippen LogP contribution in [0.4, 0.5) is 0 Å². The molecule has 0 radical (unpaired) electrons. The number of nitrogens with one attached hydrogen (secondary N) is 1. The minimum atomic E-state index is -0.117. The van der Waals surface area contributed by atoms with Gasteiger partial charge in [-0.15, -0.1) is 0 Å². The fourth-order valence-corrected chi connectivity index (χ4v) is 4.01. The molecule has 0 heterocycles. The molecule has 0 spiro atoms. The topological polar surface area (TPSA) is 35.5 Å². The Morgan fingerprint density at radius 1 is 1.14 bits per heavy atom. The van der Waals surface area contributed by atoms with E-state index >= 15 is 0 Å². The van der Waals surface area contributed by atoms with Gasteiger partial charge in [-0.2, -0.15) is 0 Å². The Balaban J connectivity index is 1.96. The highest BCUT2D eigenvalue weighted by molar-refractivity contribution is 4.95. The highest BCUT2D eigenvalue weighted by atomic mass is 16.3. The maximum atomic E-state index is 9.86. The van der Waals surface area contributed by atoms with Crippen LogP contribution < -0.4 is 5.32 Å². The Bertz CT molecular complexity index is 310. The predicted molar refractivity (Wildman–Crippen MR) is 89.5 cm³/mol. The molecule has 2 rings (SSSR count). The van der Waals surface area contributed by atoms with Crippen LogP contribution in [0.5, 0.6) is 0 Å². The van der Waals surface area contributed by atoms with E-state index in [4.69, 9.17) is 0 Å². The molecule has 3 nitrogen and oxygen atoms in total. The second-order valence-corrected chi connectivity index (χ2v) is 8.22. The van der Waals surface area contributed by atoms with Gasteiger partial charge < -0.3 is 10.4 Å². The van der Waals surface area contributed by atoms with Crippen LogP contribution in [0.2, 0.25) is 0 Å². The first-order valence-electron chi connectivity index (χ1n) is 9.08. The minimum absolute atomic E-state index is 0.117. The molecule has 2 unspecified atom stereocenters. The lowest BCUT2D eigenvalue weighted by Crippen LogP contribution is -2.53. The van der Waals surface area contributed by atoms with Crippen molar-refractivity contribution in [2.24, 2.45) is 5.92 Å². The van der Waals surface area contributed by atoms with E-state index in [1.54, 1.807) is 0 Å². The lowest BCUT2D eigenvalue weighted by Gasteiger charge is -2.40. The molecular formula is C18H36N2O. The zero-order valence-electron chi connectivity index (χ0n) is 14.6. The lowest BCUT2D eigenvalue weighted by atomic mass is 9.92. The number of hydrogen-bond acceptors (Lipinski definition) is 3. The van der Waals surface area contributed by atoms with Crippen molar-refractivity contribution in [3.63, 3.8) is 0 Å². The van der Waals surface area contributed by atoms with E-state index in [-0.39, 0.29) is 12.1 Å². The van der Waals surface area contributed by atoms with Crippen LogP contribution in [0.3, 0.4) is 0 Å². The number of aliphatic hydroxyl groups excluding tert-OH is 1. The van der Waals surface area contributed by atoms with Gasteiger partial charge in [0.1, 0.15) is 0 Å². The third-order valence-electron chi connectivity index (χ3n) is 5.16. The molecule has 2 atom stereocenters. The highest BCUT2D eigenvalue weighted by Crippen LogP contribution is 2.30. The first kappa shape index (κ1) is 17.2. The van der Waals surface area contributed by atoms with Crippen molar-refractivity contribution >= 4 is 0 Å². The fraction of sp³-hybridized carbons (Fsp3) is 1.00. The summed E-state index contributed by atoms with van der Waals surface area (Å²) < 4.78 is 0. The van der Waals surface area contributed by atoms with Crippen LogP contribution in [0.15, 0.2) is 0 Å². The van der Waals surface area contributed by atoms with Crippen molar-refractivity contribution in [3.05, 3.63) is 0 Å². The molecule has 0 aromatic rings. The summed E-state index contributed by atoms with van der Waals surface area (Å²) in [6.07, 6.45) is 9.12. The monoisotopic (exact) mass is 296 g/mol. The van der Waals surface area contributed by atoms with Gasteiger partial charge in [-0.1, -0.05) is 26.7 Å². The van der Waals surface area contributed by atoms with Gasteiger partial charge in [0.15, 0.2) is 0 Å².